The summed E-state index contributed by atoms with van der Waals surface area (Å²) in [6.45, 7) is 0. The summed E-state index contributed by atoms with van der Waals surface area (Å²) in [6.07, 6.45) is 5.15. The molecule has 0 fully saturated rings. The molecule has 0 amide bonds. The van der Waals surface area contributed by atoms with E-state index in [0.717, 1.165) is 27.0 Å². The van der Waals surface area contributed by atoms with Crippen LogP contribution >= 0.6 is 59.1 Å². The predicted octanol–water partition coefficient (Wildman–Crippen LogP) is 6.72. The second kappa shape index (κ2) is 9.38. The molecule has 2 aromatic heterocycles. The first-order valence-corrected chi connectivity index (χ1v) is 11.9. The molecule has 0 aliphatic rings. The van der Waals surface area contributed by atoms with E-state index in [9.17, 15) is 5.11 Å². The van der Waals surface area contributed by atoms with Crippen LogP contribution in [0.5, 0.6) is 5.75 Å². The number of hydrogen-bond donors (Lipinski definition) is 1. The van der Waals surface area contributed by atoms with E-state index in [1.807, 2.05) is 41.8 Å². The Hall–Kier alpha value is -2.07. The molecule has 150 valence electrons. The van der Waals surface area contributed by atoms with Gasteiger partial charge in [-0.2, -0.15) is 5.10 Å². The minimum absolute atomic E-state index is 0.151. The van der Waals surface area contributed by atoms with E-state index in [1.54, 1.807) is 35.4 Å². The fraction of sp³-hybridized carbons (Fsp3) is 0. The lowest BCUT2D eigenvalue weighted by molar-refractivity contribution is 0.468. The number of nitrogens with zero attached hydrogens (tertiary/aromatic N) is 4. The number of pyridine rings is 1. The van der Waals surface area contributed by atoms with Gasteiger partial charge in [-0.1, -0.05) is 28.1 Å². The van der Waals surface area contributed by atoms with Crippen molar-refractivity contribution in [3.8, 4) is 17.0 Å². The van der Waals surface area contributed by atoms with Crippen LogP contribution in [0.15, 0.2) is 89.8 Å². The highest BCUT2D eigenvalue weighted by molar-refractivity contribution is 9.11. The average molecular weight is 609 g/mol. The Morgan fingerprint density at radius 3 is 2.43 bits per heavy atom. The van der Waals surface area contributed by atoms with Crippen LogP contribution in [0.1, 0.15) is 5.56 Å². The first-order valence-electron chi connectivity index (χ1n) is 8.65. The van der Waals surface area contributed by atoms with Gasteiger partial charge >= 0.3 is 0 Å². The van der Waals surface area contributed by atoms with Gasteiger partial charge < -0.3 is 5.11 Å². The van der Waals surface area contributed by atoms with Crippen molar-refractivity contribution in [1.82, 2.24) is 9.66 Å². The highest BCUT2D eigenvalue weighted by Gasteiger charge is 2.09. The molecule has 1 N–H and O–H groups in total. The van der Waals surface area contributed by atoms with Gasteiger partial charge in [-0.15, -0.1) is 11.3 Å². The van der Waals surface area contributed by atoms with Gasteiger partial charge in [0.1, 0.15) is 5.75 Å². The van der Waals surface area contributed by atoms with Crippen LogP contribution in [0.2, 0.25) is 0 Å². The van der Waals surface area contributed by atoms with Crippen molar-refractivity contribution in [3.05, 3.63) is 90.1 Å². The zero-order valence-electron chi connectivity index (χ0n) is 15.2. The van der Waals surface area contributed by atoms with Gasteiger partial charge in [0, 0.05) is 21.6 Å². The molecule has 0 unspecified atom stereocenters. The van der Waals surface area contributed by atoms with Crippen LogP contribution in [0.3, 0.4) is 0 Å². The first kappa shape index (κ1) is 21.2. The van der Waals surface area contributed by atoms with E-state index in [-0.39, 0.29) is 5.75 Å². The number of aromatic hydroxyl groups is 1. The molecule has 0 radical (unpaired) electrons. The number of benzene rings is 2. The molecule has 30 heavy (non-hydrogen) atoms. The molecule has 0 aliphatic carbocycles. The molecule has 0 aliphatic heterocycles. The molecule has 0 atom stereocenters. The van der Waals surface area contributed by atoms with E-state index in [2.05, 4.69) is 52.8 Å². The fourth-order valence-electron chi connectivity index (χ4n) is 2.62. The third-order valence-corrected chi connectivity index (χ3v) is 6.61. The third kappa shape index (κ3) is 4.80. The van der Waals surface area contributed by atoms with Crippen molar-refractivity contribution in [1.29, 1.82) is 0 Å². The lowest BCUT2D eigenvalue weighted by Crippen LogP contribution is -2.11. The van der Waals surface area contributed by atoms with Crippen molar-refractivity contribution < 1.29 is 5.11 Å². The number of rotatable bonds is 4. The number of aromatic nitrogens is 2. The van der Waals surface area contributed by atoms with E-state index < -0.39 is 0 Å². The van der Waals surface area contributed by atoms with Gasteiger partial charge in [0.05, 0.1) is 32.7 Å². The maximum absolute atomic E-state index is 9.94. The maximum atomic E-state index is 9.94. The Bertz CT molecular complexity index is 1260. The highest BCUT2D eigenvalue weighted by Crippen LogP contribution is 2.33. The van der Waals surface area contributed by atoms with Gasteiger partial charge in [0.25, 0.3) is 0 Å². The van der Waals surface area contributed by atoms with Crippen LogP contribution in [0.4, 0.5) is 5.69 Å². The normalized spacial score (nSPS) is 12.0. The topological polar surface area (TPSA) is 62.8 Å². The Labute approximate surface area is 201 Å². The molecular formula is C21H13Br3N4OS. The van der Waals surface area contributed by atoms with E-state index in [4.69, 9.17) is 10.1 Å². The fourth-order valence-corrected chi connectivity index (χ4v) is 4.96. The van der Waals surface area contributed by atoms with E-state index in [0.29, 0.717) is 13.7 Å². The lowest BCUT2D eigenvalue weighted by atomic mass is 10.2. The summed E-state index contributed by atoms with van der Waals surface area (Å²) in [5.41, 5.74) is 3.51. The van der Waals surface area contributed by atoms with Gasteiger partial charge in [0.15, 0.2) is 0 Å². The zero-order valence-corrected chi connectivity index (χ0v) is 20.8. The average Bonchev–Trinajstić information content (AvgIpc) is 3.14. The van der Waals surface area contributed by atoms with Gasteiger partial charge in [-0.3, -0.25) is 4.98 Å². The van der Waals surface area contributed by atoms with Crippen LogP contribution in [0, 0.1) is 0 Å². The maximum Gasteiger partial charge on any atom is 0.211 e. The summed E-state index contributed by atoms with van der Waals surface area (Å²) in [4.78, 5) is 9.55. The molecule has 9 heteroatoms. The minimum Gasteiger partial charge on any atom is -0.506 e. The van der Waals surface area contributed by atoms with E-state index in [1.165, 1.54) is 11.3 Å². The summed E-state index contributed by atoms with van der Waals surface area (Å²) in [5, 5.41) is 16.7. The summed E-state index contributed by atoms with van der Waals surface area (Å²) >= 11 is 11.7. The van der Waals surface area contributed by atoms with Gasteiger partial charge in [0.2, 0.25) is 4.80 Å². The Kier molecular flexibility index (Phi) is 6.62. The van der Waals surface area contributed by atoms with Crippen molar-refractivity contribution in [2.45, 2.75) is 0 Å². The highest BCUT2D eigenvalue weighted by atomic mass is 79.9. The van der Waals surface area contributed by atoms with Crippen LogP contribution in [0.25, 0.3) is 11.3 Å². The van der Waals surface area contributed by atoms with Crippen molar-refractivity contribution in [3.63, 3.8) is 0 Å². The first-order chi connectivity index (χ1) is 14.5. The largest absolute Gasteiger partial charge is 0.506 e. The SMILES string of the molecule is Oc1c(Br)cc(C=Nn2c(-c3ccc(Br)cc3)csc2=Nc2cccnc2)cc1Br. The molecule has 0 saturated carbocycles. The summed E-state index contributed by atoms with van der Waals surface area (Å²) in [5.74, 6) is 0.151. The molecule has 4 rings (SSSR count). The number of phenols is 1. The van der Waals surface area contributed by atoms with Crippen LogP contribution < -0.4 is 4.80 Å². The second-order valence-electron chi connectivity index (χ2n) is 6.12. The molecule has 2 heterocycles. The molecule has 5 nitrogen and oxygen atoms in total. The molecule has 2 aromatic carbocycles. The zero-order chi connectivity index (χ0) is 21.1. The van der Waals surface area contributed by atoms with Crippen molar-refractivity contribution in [2.75, 3.05) is 0 Å². The van der Waals surface area contributed by atoms with Crippen LogP contribution in [-0.2, 0) is 0 Å². The Morgan fingerprint density at radius 1 is 1.03 bits per heavy atom. The minimum atomic E-state index is 0.151. The molecule has 0 saturated heterocycles. The molecule has 0 spiro atoms. The van der Waals surface area contributed by atoms with Gasteiger partial charge in [-0.25, -0.2) is 9.67 Å². The summed E-state index contributed by atoms with van der Waals surface area (Å²) in [6, 6.07) is 15.4. The Balaban J connectivity index is 1.84. The predicted molar refractivity (Wildman–Crippen MR) is 131 cm³/mol. The van der Waals surface area contributed by atoms with Gasteiger partial charge in [-0.05, 0) is 73.8 Å². The summed E-state index contributed by atoms with van der Waals surface area (Å²) in [7, 11) is 0. The smallest absolute Gasteiger partial charge is 0.211 e. The quantitative estimate of drug-likeness (QED) is 0.262. The third-order valence-electron chi connectivity index (χ3n) is 4.06. The number of thiazole rings is 1. The number of halogens is 3. The monoisotopic (exact) mass is 606 g/mol. The molecule has 4 aromatic rings. The van der Waals surface area contributed by atoms with Crippen LogP contribution in [-0.4, -0.2) is 21.0 Å². The van der Waals surface area contributed by atoms with Crippen molar-refractivity contribution >= 4 is 71.0 Å². The number of phenolic OH excluding ortho intramolecular Hbond substituents is 1. The van der Waals surface area contributed by atoms with Crippen molar-refractivity contribution in [2.24, 2.45) is 10.1 Å². The second-order valence-corrected chi connectivity index (χ2v) is 9.58. The molecular weight excluding hydrogens is 596 g/mol. The lowest BCUT2D eigenvalue weighted by Gasteiger charge is -2.05. The number of hydrogen-bond acceptors (Lipinski definition) is 5. The standard InChI is InChI=1S/C21H13Br3N4OS/c22-15-5-3-14(4-6-15)19-12-30-21(27-16-2-1-7-25-11-16)28(19)26-10-13-8-17(23)20(29)18(24)9-13/h1-12,29H. The van der Waals surface area contributed by atoms with E-state index >= 15 is 0 Å². The molecule has 0 bridgehead atoms. The Morgan fingerprint density at radius 2 is 1.77 bits per heavy atom. The summed E-state index contributed by atoms with van der Waals surface area (Å²) < 4.78 is 3.98.